The van der Waals surface area contributed by atoms with Crippen LogP contribution in [0.4, 0.5) is 0 Å². The van der Waals surface area contributed by atoms with Gasteiger partial charge in [0.15, 0.2) is 5.69 Å². The Kier molecular flexibility index (Phi) is 3.81. The fourth-order valence-electron chi connectivity index (χ4n) is 1.61. The third-order valence-electron chi connectivity index (χ3n) is 2.46. The Morgan fingerprint density at radius 1 is 1.65 bits per heavy atom. The Balaban J connectivity index is 2.00. The van der Waals surface area contributed by atoms with Crippen LogP contribution in [0.15, 0.2) is 12.1 Å². The van der Waals surface area contributed by atoms with E-state index in [1.54, 1.807) is 6.07 Å². The van der Waals surface area contributed by atoms with E-state index in [4.69, 9.17) is 26.2 Å². The van der Waals surface area contributed by atoms with Crippen molar-refractivity contribution in [2.75, 3.05) is 13.2 Å². The van der Waals surface area contributed by atoms with Gasteiger partial charge in [-0.3, -0.25) is 0 Å². The van der Waals surface area contributed by atoms with Crippen molar-refractivity contribution in [3.8, 4) is 5.88 Å². The molecule has 0 saturated carbocycles. The van der Waals surface area contributed by atoms with Crippen LogP contribution in [0.2, 0.25) is 5.02 Å². The molecule has 0 bridgehead atoms. The smallest absolute Gasteiger partial charge is 0.356 e. The number of carboxylic acids is 1. The van der Waals surface area contributed by atoms with E-state index in [1.165, 1.54) is 6.07 Å². The number of pyridine rings is 1. The second-order valence-corrected chi connectivity index (χ2v) is 4.14. The minimum atomic E-state index is -1.17. The van der Waals surface area contributed by atoms with E-state index in [-0.39, 0.29) is 22.7 Å². The third-order valence-corrected chi connectivity index (χ3v) is 2.77. The normalized spacial score (nSPS) is 19.2. The Morgan fingerprint density at radius 2 is 2.47 bits per heavy atom. The van der Waals surface area contributed by atoms with E-state index < -0.39 is 5.97 Å². The van der Waals surface area contributed by atoms with Gasteiger partial charge in [-0.1, -0.05) is 11.6 Å². The third kappa shape index (κ3) is 3.08. The Hall–Kier alpha value is -1.33. The fraction of sp³-hybridized carbons (Fsp3) is 0.455. The highest BCUT2D eigenvalue weighted by atomic mass is 35.5. The van der Waals surface area contributed by atoms with Crippen molar-refractivity contribution in [2.45, 2.75) is 18.9 Å². The molecule has 0 aromatic carbocycles. The lowest BCUT2D eigenvalue weighted by atomic mass is 10.2. The average Bonchev–Trinajstić information content (AvgIpc) is 2.80. The second-order valence-electron chi connectivity index (χ2n) is 3.73. The molecule has 1 fully saturated rings. The molecule has 92 valence electrons. The Bertz CT molecular complexity index is 418. The average molecular weight is 258 g/mol. The summed E-state index contributed by atoms with van der Waals surface area (Å²) >= 11 is 5.69. The number of halogens is 1. The zero-order valence-electron chi connectivity index (χ0n) is 9.06. The number of carbonyl (C=O) groups is 1. The van der Waals surface area contributed by atoms with E-state index in [9.17, 15) is 4.79 Å². The van der Waals surface area contributed by atoms with E-state index in [0.717, 1.165) is 19.4 Å². The van der Waals surface area contributed by atoms with Gasteiger partial charge in [0.25, 0.3) is 0 Å². The SMILES string of the molecule is O=C(O)c1nc(OCC2CCCO2)ccc1Cl. The van der Waals surface area contributed by atoms with E-state index in [1.807, 2.05) is 0 Å². The number of carboxylic acid groups (broad SMARTS) is 1. The summed E-state index contributed by atoms with van der Waals surface area (Å²) in [5.41, 5.74) is -0.198. The first kappa shape index (κ1) is 12.1. The van der Waals surface area contributed by atoms with Crippen LogP contribution in [0.25, 0.3) is 0 Å². The molecule has 1 aliphatic rings. The van der Waals surface area contributed by atoms with Crippen LogP contribution in [0.5, 0.6) is 5.88 Å². The summed E-state index contributed by atoms with van der Waals surface area (Å²) in [6.07, 6.45) is 2.06. The van der Waals surface area contributed by atoms with E-state index in [2.05, 4.69) is 4.98 Å². The lowest BCUT2D eigenvalue weighted by Gasteiger charge is -2.11. The minimum absolute atomic E-state index is 0.0701. The topological polar surface area (TPSA) is 68.7 Å². The molecule has 17 heavy (non-hydrogen) atoms. The number of aromatic carboxylic acids is 1. The summed E-state index contributed by atoms with van der Waals surface area (Å²) in [7, 11) is 0. The highest BCUT2D eigenvalue weighted by Crippen LogP contribution is 2.19. The molecule has 2 rings (SSSR count). The van der Waals surface area contributed by atoms with Crippen molar-refractivity contribution in [3.05, 3.63) is 22.8 Å². The first-order chi connectivity index (χ1) is 8.16. The van der Waals surface area contributed by atoms with Crippen molar-refractivity contribution in [1.82, 2.24) is 4.98 Å². The first-order valence-electron chi connectivity index (χ1n) is 5.31. The van der Waals surface area contributed by atoms with Gasteiger partial charge in [0.2, 0.25) is 5.88 Å². The van der Waals surface area contributed by atoms with E-state index >= 15 is 0 Å². The van der Waals surface area contributed by atoms with Crippen LogP contribution in [0.1, 0.15) is 23.3 Å². The molecule has 0 amide bonds. The number of hydrogen-bond donors (Lipinski definition) is 1. The lowest BCUT2D eigenvalue weighted by molar-refractivity contribution is 0.0649. The van der Waals surface area contributed by atoms with Gasteiger partial charge < -0.3 is 14.6 Å². The fourth-order valence-corrected chi connectivity index (χ4v) is 1.79. The molecule has 1 unspecified atom stereocenters. The van der Waals surface area contributed by atoms with Crippen molar-refractivity contribution >= 4 is 17.6 Å². The molecular weight excluding hydrogens is 246 g/mol. The van der Waals surface area contributed by atoms with Gasteiger partial charge in [-0.15, -0.1) is 0 Å². The first-order valence-corrected chi connectivity index (χ1v) is 5.69. The minimum Gasteiger partial charge on any atom is -0.476 e. The highest BCUT2D eigenvalue weighted by molar-refractivity contribution is 6.33. The van der Waals surface area contributed by atoms with Gasteiger partial charge in [-0.25, -0.2) is 9.78 Å². The van der Waals surface area contributed by atoms with Crippen molar-refractivity contribution in [2.24, 2.45) is 0 Å². The molecule has 1 atom stereocenters. The van der Waals surface area contributed by atoms with Crippen LogP contribution in [0, 0.1) is 0 Å². The highest BCUT2D eigenvalue weighted by Gasteiger charge is 2.17. The summed E-state index contributed by atoms with van der Waals surface area (Å²) in [6, 6.07) is 3.01. The van der Waals surface area contributed by atoms with Crippen LogP contribution in [-0.2, 0) is 4.74 Å². The summed E-state index contributed by atoms with van der Waals surface area (Å²) in [5, 5.41) is 8.94. The van der Waals surface area contributed by atoms with Gasteiger partial charge in [-0.05, 0) is 18.9 Å². The molecule has 6 heteroatoms. The maximum Gasteiger partial charge on any atom is 0.356 e. The van der Waals surface area contributed by atoms with Gasteiger partial charge >= 0.3 is 5.97 Å². The Labute approximate surface area is 103 Å². The molecule has 0 spiro atoms. The molecular formula is C11H12ClNO4. The molecule has 5 nitrogen and oxygen atoms in total. The molecule has 2 heterocycles. The van der Waals surface area contributed by atoms with Crippen LogP contribution in [0.3, 0.4) is 0 Å². The summed E-state index contributed by atoms with van der Waals surface area (Å²) in [5.74, 6) is -0.917. The number of hydrogen-bond acceptors (Lipinski definition) is 4. The largest absolute Gasteiger partial charge is 0.476 e. The van der Waals surface area contributed by atoms with E-state index in [0.29, 0.717) is 6.61 Å². The van der Waals surface area contributed by atoms with Crippen LogP contribution in [-0.4, -0.2) is 35.4 Å². The maximum atomic E-state index is 10.8. The number of ether oxygens (including phenoxy) is 2. The molecule has 0 aliphatic carbocycles. The van der Waals surface area contributed by atoms with Crippen molar-refractivity contribution in [3.63, 3.8) is 0 Å². The molecule has 1 N–H and O–H groups in total. The Morgan fingerprint density at radius 3 is 3.12 bits per heavy atom. The van der Waals surface area contributed by atoms with Crippen molar-refractivity contribution < 1.29 is 19.4 Å². The number of nitrogens with zero attached hydrogens (tertiary/aromatic N) is 1. The molecule has 1 aromatic heterocycles. The predicted molar refractivity (Wildman–Crippen MR) is 60.7 cm³/mol. The van der Waals surface area contributed by atoms with Gasteiger partial charge in [0.05, 0.1) is 11.1 Å². The molecule has 1 aliphatic heterocycles. The molecule has 1 aromatic rings. The molecule has 1 saturated heterocycles. The summed E-state index contributed by atoms with van der Waals surface area (Å²) < 4.78 is 10.8. The van der Waals surface area contributed by atoms with Crippen molar-refractivity contribution in [1.29, 1.82) is 0 Å². The summed E-state index contributed by atoms with van der Waals surface area (Å²) in [6.45, 7) is 1.14. The number of rotatable bonds is 4. The lowest BCUT2D eigenvalue weighted by Crippen LogP contribution is -2.17. The van der Waals surface area contributed by atoms with Crippen LogP contribution < -0.4 is 4.74 Å². The zero-order chi connectivity index (χ0) is 12.3. The monoisotopic (exact) mass is 257 g/mol. The van der Waals surface area contributed by atoms with Gasteiger partial charge in [-0.2, -0.15) is 0 Å². The zero-order valence-corrected chi connectivity index (χ0v) is 9.81. The molecule has 0 radical (unpaired) electrons. The van der Waals surface area contributed by atoms with Gasteiger partial charge in [0.1, 0.15) is 6.61 Å². The van der Waals surface area contributed by atoms with Crippen LogP contribution >= 0.6 is 11.6 Å². The quantitative estimate of drug-likeness (QED) is 0.893. The van der Waals surface area contributed by atoms with Gasteiger partial charge in [0, 0.05) is 12.7 Å². The predicted octanol–water partition coefficient (Wildman–Crippen LogP) is 1.99. The second kappa shape index (κ2) is 5.33. The standard InChI is InChI=1S/C11H12ClNO4/c12-8-3-4-9(13-10(8)11(14)15)17-6-7-2-1-5-16-7/h3-4,7H,1-2,5-6H2,(H,14,15). The number of aromatic nitrogens is 1. The summed E-state index contributed by atoms with van der Waals surface area (Å²) in [4.78, 5) is 14.6. The maximum absolute atomic E-state index is 10.8.